The molecular formula is C13H24N4. The summed E-state index contributed by atoms with van der Waals surface area (Å²) in [6.07, 6.45) is 3.18. The van der Waals surface area contributed by atoms with Crippen LogP contribution < -0.4 is 5.32 Å². The van der Waals surface area contributed by atoms with Crippen molar-refractivity contribution < 1.29 is 0 Å². The van der Waals surface area contributed by atoms with Gasteiger partial charge in [0.15, 0.2) is 0 Å². The molecule has 2 rings (SSSR count). The summed E-state index contributed by atoms with van der Waals surface area (Å²) in [5.74, 6) is 0. The molecule has 1 N–H and O–H groups in total. The lowest BCUT2D eigenvalue weighted by Gasteiger charge is -2.38. The molecule has 2 fully saturated rings. The largest absolute Gasteiger partial charge is 0.315 e. The smallest absolute Gasteiger partial charge is 0.0628 e. The van der Waals surface area contributed by atoms with Crippen molar-refractivity contribution in [1.82, 2.24) is 15.1 Å². The van der Waals surface area contributed by atoms with Crippen molar-refractivity contribution in [2.75, 3.05) is 46.8 Å². The molecule has 0 bridgehead atoms. The van der Waals surface area contributed by atoms with Crippen molar-refractivity contribution in [3.8, 4) is 6.07 Å². The topological polar surface area (TPSA) is 42.3 Å². The second-order valence-corrected chi connectivity index (χ2v) is 5.86. The normalized spacial score (nSPS) is 28.9. The summed E-state index contributed by atoms with van der Waals surface area (Å²) >= 11 is 0. The molecule has 0 amide bonds. The molecule has 2 aliphatic rings. The SMILES string of the molecule is CN1CCN(C)C(CNCC2(CC#N)CC2)C1. The van der Waals surface area contributed by atoms with Gasteiger partial charge in [-0.3, -0.25) is 4.90 Å². The molecule has 0 radical (unpaired) electrons. The van der Waals surface area contributed by atoms with E-state index in [4.69, 9.17) is 5.26 Å². The Morgan fingerprint density at radius 3 is 2.76 bits per heavy atom. The Hall–Kier alpha value is -0.630. The minimum Gasteiger partial charge on any atom is -0.315 e. The third-order valence-electron chi connectivity index (χ3n) is 4.27. The number of piperazine rings is 1. The monoisotopic (exact) mass is 236 g/mol. The van der Waals surface area contributed by atoms with E-state index in [1.807, 2.05) is 0 Å². The first-order valence-corrected chi connectivity index (χ1v) is 6.62. The van der Waals surface area contributed by atoms with Crippen molar-refractivity contribution >= 4 is 0 Å². The van der Waals surface area contributed by atoms with E-state index >= 15 is 0 Å². The van der Waals surface area contributed by atoms with Gasteiger partial charge in [-0.15, -0.1) is 0 Å². The number of nitrogens with zero attached hydrogens (tertiary/aromatic N) is 3. The number of likely N-dealkylation sites (N-methyl/N-ethyl adjacent to an activating group) is 2. The summed E-state index contributed by atoms with van der Waals surface area (Å²) in [6.45, 7) is 5.55. The Bertz CT molecular complexity index is 292. The first-order chi connectivity index (χ1) is 8.15. The van der Waals surface area contributed by atoms with Gasteiger partial charge in [0.05, 0.1) is 6.07 Å². The van der Waals surface area contributed by atoms with Crippen molar-refractivity contribution in [1.29, 1.82) is 5.26 Å². The van der Waals surface area contributed by atoms with Gasteiger partial charge in [-0.05, 0) is 32.4 Å². The third kappa shape index (κ3) is 3.41. The second kappa shape index (κ2) is 5.34. The average Bonchev–Trinajstić information content (AvgIpc) is 3.04. The fourth-order valence-corrected chi connectivity index (χ4v) is 2.59. The van der Waals surface area contributed by atoms with Crippen LogP contribution in [0.1, 0.15) is 19.3 Å². The third-order valence-corrected chi connectivity index (χ3v) is 4.27. The summed E-state index contributed by atoms with van der Waals surface area (Å²) in [5.41, 5.74) is 0.327. The summed E-state index contributed by atoms with van der Waals surface area (Å²) < 4.78 is 0. The van der Waals surface area contributed by atoms with E-state index < -0.39 is 0 Å². The zero-order valence-electron chi connectivity index (χ0n) is 11.1. The van der Waals surface area contributed by atoms with E-state index in [-0.39, 0.29) is 0 Å². The number of hydrogen-bond donors (Lipinski definition) is 1. The van der Waals surface area contributed by atoms with Crippen LogP contribution >= 0.6 is 0 Å². The molecule has 0 aromatic heterocycles. The Balaban J connectivity index is 1.69. The Morgan fingerprint density at radius 2 is 2.12 bits per heavy atom. The first-order valence-electron chi connectivity index (χ1n) is 6.62. The van der Waals surface area contributed by atoms with Gasteiger partial charge in [0.2, 0.25) is 0 Å². The van der Waals surface area contributed by atoms with E-state index in [0.29, 0.717) is 11.5 Å². The van der Waals surface area contributed by atoms with Crippen molar-refractivity contribution in [2.45, 2.75) is 25.3 Å². The molecule has 0 aromatic carbocycles. The summed E-state index contributed by atoms with van der Waals surface area (Å²) in [7, 11) is 4.40. The zero-order chi connectivity index (χ0) is 12.3. The number of rotatable bonds is 5. The number of hydrogen-bond acceptors (Lipinski definition) is 4. The predicted octanol–water partition coefficient (Wildman–Crippen LogP) is 0.516. The molecule has 0 spiro atoms. The van der Waals surface area contributed by atoms with Gasteiger partial charge >= 0.3 is 0 Å². The van der Waals surface area contributed by atoms with E-state index in [2.05, 4.69) is 35.3 Å². The van der Waals surface area contributed by atoms with Crippen LogP contribution in [0.3, 0.4) is 0 Å². The van der Waals surface area contributed by atoms with Crippen molar-refractivity contribution in [3.05, 3.63) is 0 Å². The summed E-state index contributed by atoms with van der Waals surface area (Å²) in [5, 5.41) is 12.3. The maximum absolute atomic E-state index is 8.77. The maximum atomic E-state index is 8.77. The highest BCUT2D eigenvalue weighted by Gasteiger charge is 2.42. The Labute approximate surface area is 105 Å². The molecular weight excluding hydrogens is 212 g/mol. The summed E-state index contributed by atoms with van der Waals surface area (Å²) in [4.78, 5) is 4.84. The fraction of sp³-hybridized carbons (Fsp3) is 0.923. The van der Waals surface area contributed by atoms with E-state index in [1.54, 1.807) is 0 Å². The van der Waals surface area contributed by atoms with Crippen molar-refractivity contribution in [3.63, 3.8) is 0 Å². The van der Waals surface area contributed by atoms with Crippen LogP contribution in [0, 0.1) is 16.7 Å². The Morgan fingerprint density at radius 1 is 1.35 bits per heavy atom. The highest BCUT2D eigenvalue weighted by Crippen LogP contribution is 2.47. The number of nitrogens with one attached hydrogen (secondary N) is 1. The zero-order valence-corrected chi connectivity index (χ0v) is 11.1. The summed E-state index contributed by atoms with van der Waals surface area (Å²) in [6, 6.07) is 2.93. The van der Waals surface area contributed by atoms with Gasteiger partial charge in [0.1, 0.15) is 0 Å². The molecule has 1 atom stereocenters. The quantitative estimate of drug-likeness (QED) is 0.755. The van der Waals surface area contributed by atoms with Crippen LogP contribution in [-0.2, 0) is 0 Å². The first kappa shape index (κ1) is 12.8. The minimum absolute atomic E-state index is 0.327. The Kier molecular flexibility index (Phi) is 4.03. The van der Waals surface area contributed by atoms with Gasteiger partial charge in [-0.2, -0.15) is 5.26 Å². The average molecular weight is 236 g/mol. The van der Waals surface area contributed by atoms with Crippen molar-refractivity contribution in [2.24, 2.45) is 5.41 Å². The highest BCUT2D eigenvalue weighted by molar-refractivity contribution is 5.00. The molecule has 1 aliphatic heterocycles. The fourth-order valence-electron chi connectivity index (χ4n) is 2.59. The molecule has 1 aliphatic carbocycles. The molecule has 4 heteroatoms. The molecule has 17 heavy (non-hydrogen) atoms. The molecule has 1 saturated carbocycles. The number of nitriles is 1. The highest BCUT2D eigenvalue weighted by atomic mass is 15.3. The van der Waals surface area contributed by atoms with Crippen LogP contribution in [0.5, 0.6) is 0 Å². The van der Waals surface area contributed by atoms with E-state index in [0.717, 1.165) is 32.6 Å². The molecule has 0 aromatic rings. The van der Waals surface area contributed by atoms with E-state index in [9.17, 15) is 0 Å². The van der Waals surface area contributed by atoms with Crippen LogP contribution in [0.25, 0.3) is 0 Å². The molecule has 4 nitrogen and oxygen atoms in total. The molecule has 1 unspecified atom stereocenters. The maximum Gasteiger partial charge on any atom is 0.0628 e. The van der Waals surface area contributed by atoms with Gasteiger partial charge in [0.25, 0.3) is 0 Å². The van der Waals surface area contributed by atoms with Gasteiger partial charge < -0.3 is 10.2 Å². The standard InChI is InChI=1S/C13H24N4/c1-16-7-8-17(2)12(10-16)9-15-11-13(3-4-13)5-6-14/h12,15H,3-5,7-11H2,1-2H3. The second-order valence-electron chi connectivity index (χ2n) is 5.86. The van der Waals surface area contributed by atoms with Crippen LogP contribution in [0.15, 0.2) is 0 Å². The lowest BCUT2D eigenvalue weighted by atomic mass is 10.0. The van der Waals surface area contributed by atoms with Gasteiger partial charge in [-0.1, -0.05) is 0 Å². The van der Waals surface area contributed by atoms with E-state index in [1.165, 1.54) is 19.4 Å². The van der Waals surface area contributed by atoms with Gasteiger partial charge in [-0.25, -0.2) is 0 Å². The minimum atomic E-state index is 0.327. The lowest BCUT2D eigenvalue weighted by molar-refractivity contribution is 0.112. The molecule has 1 saturated heterocycles. The van der Waals surface area contributed by atoms with Crippen LogP contribution in [0.4, 0.5) is 0 Å². The predicted molar refractivity (Wildman–Crippen MR) is 68.7 cm³/mol. The molecule has 1 heterocycles. The lowest BCUT2D eigenvalue weighted by Crippen LogP contribution is -2.54. The van der Waals surface area contributed by atoms with Gasteiger partial charge in [0, 0.05) is 45.2 Å². The van der Waals surface area contributed by atoms with Crippen LogP contribution in [0.2, 0.25) is 0 Å². The molecule has 96 valence electrons. The van der Waals surface area contributed by atoms with Crippen LogP contribution in [-0.4, -0.2) is 62.7 Å².